The van der Waals surface area contributed by atoms with Crippen molar-refractivity contribution < 1.29 is 14.3 Å². The lowest BCUT2D eigenvalue weighted by Gasteiger charge is -2.14. The normalized spacial score (nSPS) is 12.3. The maximum Gasteiger partial charge on any atom is 0.305 e. The zero-order valence-corrected chi connectivity index (χ0v) is 10.3. The zero-order valence-electron chi connectivity index (χ0n) is 10.3. The zero-order chi connectivity index (χ0) is 12.6. The van der Waals surface area contributed by atoms with E-state index in [0.717, 1.165) is 0 Å². The van der Waals surface area contributed by atoms with Gasteiger partial charge in [0, 0.05) is 13.0 Å². The molecular formula is C11H22N2O3. The van der Waals surface area contributed by atoms with Crippen molar-refractivity contribution in [1.29, 1.82) is 0 Å². The van der Waals surface area contributed by atoms with Gasteiger partial charge < -0.3 is 15.8 Å². The number of carbonyl (C=O) groups excluding carboxylic acids is 2. The molecule has 0 saturated carbocycles. The summed E-state index contributed by atoms with van der Waals surface area (Å²) < 4.78 is 4.76. The standard InChI is InChI=1S/C11H22N2O3/c1-4-16-9(14)6-5-7-13-11(15)10(12)8(2)3/h8,10H,4-7,12H2,1-3H3,(H,13,15)/t10-/m0/s1. The second kappa shape index (κ2) is 8.10. The summed E-state index contributed by atoms with van der Waals surface area (Å²) in [5, 5.41) is 2.69. The minimum atomic E-state index is -0.484. The first kappa shape index (κ1) is 14.9. The van der Waals surface area contributed by atoms with Gasteiger partial charge in [-0.25, -0.2) is 0 Å². The molecule has 0 aliphatic rings. The quantitative estimate of drug-likeness (QED) is 0.491. The molecule has 0 heterocycles. The molecule has 0 radical (unpaired) electrons. The lowest BCUT2D eigenvalue weighted by atomic mass is 10.1. The van der Waals surface area contributed by atoms with Crippen LogP contribution in [0.5, 0.6) is 0 Å². The largest absolute Gasteiger partial charge is 0.466 e. The Morgan fingerprint density at radius 1 is 1.38 bits per heavy atom. The molecule has 3 N–H and O–H groups in total. The maximum atomic E-state index is 11.4. The van der Waals surface area contributed by atoms with Crippen LogP contribution in [0.2, 0.25) is 0 Å². The Balaban J connectivity index is 3.59. The summed E-state index contributed by atoms with van der Waals surface area (Å²) in [4.78, 5) is 22.4. The van der Waals surface area contributed by atoms with E-state index < -0.39 is 6.04 Å². The molecule has 0 bridgehead atoms. The molecule has 0 saturated heterocycles. The van der Waals surface area contributed by atoms with Gasteiger partial charge >= 0.3 is 5.97 Å². The van der Waals surface area contributed by atoms with Gasteiger partial charge in [-0.3, -0.25) is 9.59 Å². The van der Waals surface area contributed by atoms with Gasteiger partial charge in [-0.15, -0.1) is 0 Å². The molecule has 0 aliphatic carbocycles. The molecule has 1 atom stereocenters. The Morgan fingerprint density at radius 3 is 2.50 bits per heavy atom. The molecule has 0 aromatic rings. The molecule has 0 fully saturated rings. The van der Waals surface area contributed by atoms with Crippen molar-refractivity contribution in [3.8, 4) is 0 Å². The fourth-order valence-corrected chi connectivity index (χ4v) is 1.10. The summed E-state index contributed by atoms with van der Waals surface area (Å²) in [6.45, 7) is 6.40. The molecule has 94 valence electrons. The topological polar surface area (TPSA) is 81.4 Å². The third-order valence-electron chi connectivity index (χ3n) is 2.18. The monoisotopic (exact) mass is 230 g/mol. The summed E-state index contributed by atoms with van der Waals surface area (Å²) in [5.74, 6) is -0.283. The summed E-state index contributed by atoms with van der Waals surface area (Å²) in [7, 11) is 0. The van der Waals surface area contributed by atoms with Crippen molar-refractivity contribution in [3.05, 3.63) is 0 Å². The van der Waals surface area contributed by atoms with Crippen LogP contribution in [0.25, 0.3) is 0 Å². The minimum Gasteiger partial charge on any atom is -0.466 e. The third-order valence-corrected chi connectivity index (χ3v) is 2.18. The molecule has 0 aliphatic heterocycles. The Kier molecular flexibility index (Phi) is 7.54. The van der Waals surface area contributed by atoms with E-state index in [-0.39, 0.29) is 17.8 Å². The highest BCUT2D eigenvalue weighted by Gasteiger charge is 2.16. The molecule has 16 heavy (non-hydrogen) atoms. The third kappa shape index (κ3) is 6.40. The van der Waals surface area contributed by atoms with Gasteiger partial charge in [0.15, 0.2) is 0 Å². The summed E-state index contributed by atoms with van der Waals surface area (Å²) in [5.41, 5.74) is 5.65. The first-order valence-electron chi connectivity index (χ1n) is 5.68. The molecule has 1 amide bonds. The number of nitrogens with two attached hydrogens (primary N) is 1. The van der Waals surface area contributed by atoms with Crippen molar-refractivity contribution in [2.45, 2.75) is 39.7 Å². The van der Waals surface area contributed by atoms with Crippen molar-refractivity contribution in [3.63, 3.8) is 0 Å². The molecule has 5 heteroatoms. The predicted octanol–water partition coefficient (Wildman–Crippen LogP) is 0.429. The molecule has 0 aromatic heterocycles. The van der Waals surface area contributed by atoms with E-state index in [4.69, 9.17) is 10.5 Å². The number of hydrogen-bond donors (Lipinski definition) is 2. The highest BCUT2D eigenvalue weighted by atomic mass is 16.5. The summed E-state index contributed by atoms with van der Waals surface area (Å²) in [6, 6.07) is -0.484. The predicted molar refractivity (Wildman–Crippen MR) is 61.7 cm³/mol. The molecule has 0 rings (SSSR count). The van der Waals surface area contributed by atoms with Crippen molar-refractivity contribution in [2.24, 2.45) is 11.7 Å². The van der Waals surface area contributed by atoms with Crippen LogP contribution in [-0.4, -0.2) is 31.1 Å². The van der Waals surface area contributed by atoms with Crippen LogP contribution >= 0.6 is 0 Å². The average molecular weight is 230 g/mol. The van der Waals surface area contributed by atoms with Crippen LogP contribution in [0.15, 0.2) is 0 Å². The maximum absolute atomic E-state index is 11.4. The average Bonchev–Trinajstić information content (AvgIpc) is 2.23. The summed E-state index contributed by atoms with van der Waals surface area (Å²) in [6.07, 6.45) is 0.903. The summed E-state index contributed by atoms with van der Waals surface area (Å²) >= 11 is 0. The van der Waals surface area contributed by atoms with E-state index in [0.29, 0.717) is 26.0 Å². The minimum absolute atomic E-state index is 0.116. The molecular weight excluding hydrogens is 208 g/mol. The number of hydrogen-bond acceptors (Lipinski definition) is 4. The highest BCUT2D eigenvalue weighted by Crippen LogP contribution is 1.98. The Bertz CT molecular complexity index is 229. The number of ether oxygens (including phenoxy) is 1. The van der Waals surface area contributed by atoms with E-state index in [9.17, 15) is 9.59 Å². The lowest BCUT2D eigenvalue weighted by Crippen LogP contribution is -2.44. The van der Waals surface area contributed by atoms with Crippen LogP contribution < -0.4 is 11.1 Å². The molecule has 0 unspecified atom stereocenters. The van der Waals surface area contributed by atoms with E-state index in [1.807, 2.05) is 13.8 Å². The van der Waals surface area contributed by atoms with Crippen molar-refractivity contribution in [2.75, 3.05) is 13.2 Å². The van der Waals surface area contributed by atoms with Crippen LogP contribution in [0.1, 0.15) is 33.6 Å². The van der Waals surface area contributed by atoms with Gasteiger partial charge in [0.1, 0.15) is 0 Å². The second-order valence-electron chi connectivity index (χ2n) is 3.97. The Labute approximate surface area is 96.7 Å². The van der Waals surface area contributed by atoms with Crippen LogP contribution in [0.4, 0.5) is 0 Å². The molecule has 5 nitrogen and oxygen atoms in total. The molecule has 0 spiro atoms. The Morgan fingerprint density at radius 2 is 2.00 bits per heavy atom. The fourth-order valence-electron chi connectivity index (χ4n) is 1.10. The van der Waals surface area contributed by atoms with Gasteiger partial charge in [0.05, 0.1) is 12.6 Å². The number of rotatable bonds is 7. The van der Waals surface area contributed by atoms with Gasteiger partial charge in [-0.1, -0.05) is 13.8 Å². The number of esters is 1. The van der Waals surface area contributed by atoms with E-state index in [2.05, 4.69) is 5.32 Å². The van der Waals surface area contributed by atoms with E-state index >= 15 is 0 Å². The smallest absolute Gasteiger partial charge is 0.305 e. The number of nitrogens with one attached hydrogen (secondary N) is 1. The fraction of sp³-hybridized carbons (Fsp3) is 0.818. The van der Waals surface area contributed by atoms with Gasteiger partial charge in [0.2, 0.25) is 5.91 Å². The van der Waals surface area contributed by atoms with Crippen molar-refractivity contribution in [1.82, 2.24) is 5.32 Å². The number of carbonyl (C=O) groups is 2. The SMILES string of the molecule is CCOC(=O)CCCNC(=O)[C@@H](N)C(C)C. The first-order valence-corrected chi connectivity index (χ1v) is 5.68. The van der Waals surface area contributed by atoms with E-state index in [1.165, 1.54) is 0 Å². The first-order chi connectivity index (χ1) is 7.49. The highest BCUT2D eigenvalue weighted by molar-refractivity contribution is 5.81. The van der Waals surface area contributed by atoms with Crippen LogP contribution in [0, 0.1) is 5.92 Å². The van der Waals surface area contributed by atoms with Crippen molar-refractivity contribution >= 4 is 11.9 Å². The van der Waals surface area contributed by atoms with Gasteiger partial charge in [-0.2, -0.15) is 0 Å². The Hall–Kier alpha value is -1.10. The number of amides is 1. The lowest BCUT2D eigenvalue weighted by molar-refractivity contribution is -0.143. The van der Waals surface area contributed by atoms with Gasteiger partial charge in [0.25, 0.3) is 0 Å². The van der Waals surface area contributed by atoms with Gasteiger partial charge in [-0.05, 0) is 19.3 Å². The van der Waals surface area contributed by atoms with Crippen LogP contribution in [-0.2, 0) is 14.3 Å². The molecule has 0 aromatic carbocycles. The van der Waals surface area contributed by atoms with E-state index in [1.54, 1.807) is 6.92 Å². The van der Waals surface area contributed by atoms with Crippen LogP contribution in [0.3, 0.4) is 0 Å². The second-order valence-corrected chi connectivity index (χ2v) is 3.97.